The Kier molecular flexibility index (Phi) is 3.71. The highest BCUT2D eigenvalue weighted by Crippen LogP contribution is 2.36. The SMILES string of the molecule is O=Cc1cc(F)ccc1Oc1ccc2ccccc2c1Br. The van der Waals surface area contributed by atoms with E-state index in [1.165, 1.54) is 12.1 Å². The summed E-state index contributed by atoms with van der Waals surface area (Å²) in [7, 11) is 0. The maximum Gasteiger partial charge on any atom is 0.153 e. The summed E-state index contributed by atoms with van der Waals surface area (Å²) in [5.74, 6) is 0.424. The van der Waals surface area contributed by atoms with E-state index in [0.29, 0.717) is 17.8 Å². The number of hydrogen-bond acceptors (Lipinski definition) is 2. The topological polar surface area (TPSA) is 26.3 Å². The van der Waals surface area contributed by atoms with Crippen LogP contribution in [0, 0.1) is 5.82 Å². The molecular formula is C17H10BrFO2. The lowest BCUT2D eigenvalue weighted by atomic mass is 10.1. The first kappa shape index (κ1) is 13.8. The van der Waals surface area contributed by atoms with Crippen molar-refractivity contribution in [1.82, 2.24) is 0 Å². The molecule has 0 unspecified atom stereocenters. The summed E-state index contributed by atoms with van der Waals surface area (Å²) in [5, 5.41) is 2.08. The maximum absolute atomic E-state index is 13.1. The standard InChI is InChI=1S/C17H10BrFO2/c18-17-14-4-2-1-3-11(14)5-7-16(17)21-15-8-6-13(19)9-12(15)10-20/h1-10H. The highest BCUT2D eigenvalue weighted by Gasteiger charge is 2.10. The number of halogens is 2. The molecule has 0 saturated carbocycles. The predicted octanol–water partition coefficient (Wildman–Crippen LogP) is 5.35. The molecule has 0 N–H and O–H groups in total. The summed E-state index contributed by atoms with van der Waals surface area (Å²) >= 11 is 3.51. The van der Waals surface area contributed by atoms with E-state index >= 15 is 0 Å². The molecule has 0 spiro atoms. The number of benzene rings is 3. The molecular weight excluding hydrogens is 335 g/mol. The first-order valence-electron chi connectivity index (χ1n) is 6.29. The fourth-order valence-corrected chi connectivity index (χ4v) is 2.69. The quantitative estimate of drug-likeness (QED) is 0.599. The zero-order valence-corrected chi connectivity index (χ0v) is 12.4. The molecule has 0 atom stereocenters. The molecule has 3 aromatic carbocycles. The van der Waals surface area contributed by atoms with E-state index < -0.39 is 5.82 Å². The lowest BCUT2D eigenvalue weighted by Crippen LogP contribution is -1.92. The smallest absolute Gasteiger partial charge is 0.153 e. The third-order valence-corrected chi connectivity index (χ3v) is 3.96. The van der Waals surface area contributed by atoms with Gasteiger partial charge in [-0.05, 0) is 51.0 Å². The third kappa shape index (κ3) is 2.67. The summed E-state index contributed by atoms with van der Waals surface area (Å²) in [6.45, 7) is 0. The second-order valence-corrected chi connectivity index (χ2v) is 5.29. The van der Waals surface area contributed by atoms with E-state index in [-0.39, 0.29) is 5.56 Å². The second kappa shape index (κ2) is 5.66. The van der Waals surface area contributed by atoms with Gasteiger partial charge in [0.25, 0.3) is 0 Å². The van der Waals surface area contributed by atoms with Crippen LogP contribution in [0.3, 0.4) is 0 Å². The van der Waals surface area contributed by atoms with Crippen molar-refractivity contribution in [3.05, 3.63) is 70.5 Å². The number of ether oxygens (including phenoxy) is 1. The summed E-state index contributed by atoms with van der Waals surface area (Å²) in [6.07, 6.45) is 0.577. The molecule has 3 aromatic rings. The minimum absolute atomic E-state index is 0.176. The first-order chi connectivity index (χ1) is 10.2. The van der Waals surface area contributed by atoms with Gasteiger partial charge in [0.2, 0.25) is 0 Å². The van der Waals surface area contributed by atoms with Crippen molar-refractivity contribution in [2.45, 2.75) is 0 Å². The van der Waals surface area contributed by atoms with E-state index in [1.807, 2.05) is 36.4 Å². The van der Waals surface area contributed by atoms with Gasteiger partial charge in [0, 0.05) is 0 Å². The molecule has 0 saturated heterocycles. The van der Waals surface area contributed by atoms with Crippen LogP contribution in [0.2, 0.25) is 0 Å². The van der Waals surface area contributed by atoms with Gasteiger partial charge in [-0.2, -0.15) is 0 Å². The molecule has 4 heteroatoms. The zero-order valence-electron chi connectivity index (χ0n) is 10.8. The van der Waals surface area contributed by atoms with Crippen molar-refractivity contribution in [2.24, 2.45) is 0 Å². The predicted molar refractivity (Wildman–Crippen MR) is 83.5 cm³/mol. The Bertz CT molecular complexity index is 830. The molecule has 0 aliphatic rings. The van der Waals surface area contributed by atoms with E-state index in [1.54, 1.807) is 0 Å². The normalized spacial score (nSPS) is 10.6. The first-order valence-corrected chi connectivity index (χ1v) is 7.08. The number of carbonyl (C=O) groups is 1. The fraction of sp³-hybridized carbons (Fsp3) is 0. The number of fused-ring (bicyclic) bond motifs is 1. The average Bonchev–Trinajstić information content (AvgIpc) is 2.51. The highest BCUT2D eigenvalue weighted by molar-refractivity contribution is 9.10. The Morgan fingerprint density at radius 3 is 2.57 bits per heavy atom. The van der Waals surface area contributed by atoms with Crippen LogP contribution < -0.4 is 4.74 Å². The lowest BCUT2D eigenvalue weighted by molar-refractivity contribution is 0.112. The Labute approximate surface area is 129 Å². The van der Waals surface area contributed by atoms with Gasteiger partial charge in [-0.1, -0.05) is 30.3 Å². The monoisotopic (exact) mass is 344 g/mol. The van der Waals surface area contributed by atoms with Crippen LogP contribution in [0.25, 0.3) is 10.8 Å². The van der Waals surface area contributed by atoms with E-state index in [0.717, 1.165) is 21.3 Å². The van der Waals surface area contributed by atoms with Crippen molar-refractivity contribution in [3.63, 3.8) is 0 Å². The van der Waals surface area contributed by atoms with Crippen molar-refractivity contribution in [1.29, 1.82) is 0 Å². The summed E-state index contributed by atoms with van der Waals surface area (Å²) in [4.78, 5) is 11.0. The van der Waals surface area contributed by atoms with Crippen molar-refractivity contribution in [2.75, 3.05) is 0 Å². The van der Waals surface area contributed by atoms with Gasteiger partial charge in [-0.3, -0.25) is 4.79 Å². The number of hydrogen-bond donors (Lipinski definition) is 0. The largest absolute Gasteiger partial charge is 0.455 e. The van der Waals surface area contributed by atoms with Gasteiger partial charge in [-0.25, -0.2) is 4.39 Å². The molecule has 0 fully saturated rings. The van der Waals surface area contributed by atoms with Crippen LogP contribution in [0.5, 0.6) is 11.5 Å². The van der Waals surface area contributed by atoms with Gasteiger partial charge in [0.15, 0.2) is 6.29 Å². The Morgan fingerprint density at radius 2 is 1.76 bits per heavy atom. The molecule has 0 radical (unpaired) electrons. The minimum Gasteiger partial charge on any atom is -0.455 e. The molecule has 0 aliphatic heterocycles. The molecule has 0 heterocycles. The van der Waals surface area contributed by atoms with Crippen LogP contribution >= 0.6 is 15.9 Å². The fourth-order valence-electron chi connectivity index (χ4n) is 2.12. The molecule has 0 amide bonds. The molecule has 2 nitrogen and oxygen atoms in total. The molecule has 104 valence electrons. The molecule has 21 heavy (non-hydrogen) atoms. The van der Waals surface area contributed by atoms with Crippen LogP contribution in [-0.4, -0.2) is 6.29 Å². The van der Waals surface area contributed by atoms with Gasteiger partial charge < -0.3 is 4.74 Å². The van der Waals surface area contributed by atoms with E-state index in [4.69, 9.17) is 4.74 Å². The molecule has 0 aliphatic carbocycles. The maximum atomic E-state index is 13.1. The summed E-state index contributed by atoms with van der Waals surface area (Å²) in [6, 6.07) is 15.5. The number of carbonyl (C=O) groups excluding carboxylic acids is 1. The Balaban J connectivity index is 2.06. The van der Waals surface area contributed by atoms with Crippen molar-refractivity contribution >= 4 is 33.0 Å². The average molecular weight is 345 g/mol. The Hall–Kier alpha value is -2.20. The van der Waals surface area contributed by atoms with E-state index in [2.05, 4.69) is 15.9 Å². The summed E-state index contributed by atoms with van der Waals surface area (Å²) < 4.78 is 19.7. The van der Waals surface area contributed by atoms with E-state index in [9.17, 15) is 9.18 Å². The summed E-state index contributed by atoms with van der Waals surface area (Å²) in [5.41, 5.74) is 0.176. The minimum atomic E-state index is -0.470. The lowest BCUT2D eigenvalue weighted by Gasteiger charge is -2.11. The molecule has 0 aromatic heterocycles. The highest BCUT2D eigenvalue weighted by atomic mass is 79.9. The third-order valence-electron chi connectivity index (χ3n) is 3.15. The molecule has 0 bridgehead atoms. The Morgan fingerprint density at radius 1 is 1.00 bits per heavy atom. The van der Waals surface area contributed by atoms with Crippen LogP contribution in [0.15, 0.2) is 59.1 Å². The molecule has 3 rings (SSSR count). The van der Waals surface area contributed by atoms with Gasteiger partial charge in [0.05, 0.1) is 10.0 Å². The zero-order chi connectivity index (χ0) is 14.8. The van der Waals surface area contributed by atoms with Crippen molar-refractivity contribution in [3.8, 4) is 11.5 Å². The van der Waals surface area contributed by atoms with Crippen LogP contribution in [-0.2, 0) is 0 Å². The van der Waals surface area contributed by atoms with Gasteiger partial charge in [-0.15, -0.1) is 0 Å². The van der Waals surface area contributed by atoms with Gasteiger partial charge >= 0.3 is 0 Å². The second-order valence-electron chi connectivity index (χ2n) is 4.50. The number of aldehydes is 1. The number of rotatable bonds is 3. The van der Waals surface area contributed by atoms with Crippen LogP contribution in [0.1, 0.15) is 10.4 Å². The van der Waals surface area contributed by atoms with Crippen LogP contribution in [0.4, 0.5) is 4.39 Å². The van der Waals surface area contributed by atoms with Gasteiger partial charge in [0.1, 0.15) is 17.3 Å². The van der Waals surface area contributed by atoms with Crippen molar-refractivity contribution < 1.29 is 13.9 Å².